The molecular weight excluding hydrogens is 314 g/mol. The van der Waals surface area contributed by atoms with Crippen LogP contribution < -0.4 is 10.6 Å². The molecule has 6 nitrogen and oxygen atoms in total. The highest BCUT2D eigenvalue weighted by Crippen LogP contribution is 2.29. The summed E-state index contributed by atoms with van der Waals surface area (Å²) in [5, 5.41) is 16.7. The number of anilines is 1. The van der Waals surface area contributed by atoms with Gasteiger partial charge in [0.2, 0.25) is 5.91 Å². The number of halogens is 1. The lowest BCUT2D eigenvalue weighted by molar-refractivity contribution is -0.384. The molecule has 1 aromatic carbocycles. The van der Waals surface area contributed by atoms with E-state index >= 15 is 0 Å². The average molecular weight is 328 g/mol. The summed E-state index contributed by atoms with van der Waals surface area (Å²) in [5.74, 6) is -0.240. The number of nitro groups is 1. The van der Waals surface area contributed by atoms with Crippen LogP contribution in [-0.4, -0.2) is 22.9 Å². The van der Waals surface area contributed by atoms with Crippen molar-refractivity contribution in [2.75, 3.05) is 11.9 Å². The Morgan fingerprint density at radius 3 is 2.89 bits per heavy atom. The lowest BCUT2D eigenvalue weighted by atomic mass is 9.99. The first-order chi connectivity index (χ1) is 8.92. The van der Waals surface area contributed by atoms with E-state index in [2.05, 4.69) is 26.6 Å². The number of benzene rings is 1. The van der Waals surface area contributed by atoms with Crippen molar-refractivity contribution in [3.05, 3.63) is 32.8 Å². The molecule has 1 atom stereocenters. The van der Waals surface area contributed by atoms with E-state index < -0.39 is 10.5 Å². The largest absolute Gasteiger partial charge is 0.319 e. The van der Waals surface area contributed by atoms with Crippen molar-refractivity contribution < 1.29 is 9.72 Å². The van der Waals surface area contributed by atoms with E-state index in [1.807, 2.05) is 0 Å². The SMILES string of the molecule is CC1(C(=O)Nc2ccc(Br)cc2[N+](=O)[O-])CCCN1. The van der Waals surface area contributed by atoms with E-state index in [9.17, 15) is 14.9 Å². The Labute approximate surface area is 118 Å². The summed E-state index contributed by atoms with van der Waals surface area (Å²) in [6.45, 7) is 2.59. The van der Waals surface area contributed by atoms with Gasteiger partial charge in [-0.2, -0.15) is 0 Å². The molecule has 0 bridgehead atoms. The summed E-state index contributed by atoms with van der Waals surface area (Å²) in [6, 6.07) is 4.56. The average Bonchev–Trinajstić information content (AvgIpc) is 2.79. The zero-order chi connectivity index (χ0) is 14.0. The summed E-state index contributed by atoms with van der Waals surface area (Å²) >= 11 is 3.18. The standard InChI is InChI=1S/C12H14BrN3O3/c1-12(5-2-6-14-12)11(17)15-9-4-3-8(13)7-10(9)16(18)19/h3-4,7,14H,2,5-6H2,1H3,(H,15,17). The second kappa shape index (κ2) is 5.26. The van der Waals surface area contributed by atoms with E-state index in [-0.39, 0.29) is 17.3 Å². The van der Waals surface area contributed by atoms with Gasteiger partial charge in [-0.3, -0.25) is 14.9 Å². The van der Waals surface area contributed by atoms with Crippen LogP contribution in [0.5, 0.6) is 0 Å². The molecule has 2 rings (SSSR count). The molecule has 7 heteroatoms. The molecule has 102 valence electrons. The second-order valence-corrected chi connectivity index (χ2v) is 5.65. The van der Waals surface area contributed by atoms with Crippen molar-refractivity contribution >= 4 is 33.2 Å². The van der Waals surface area contributed by atoms with Crippen LogP contribution >= 0.6 is 15.9 Å². The number of hydrogen-bond donors (Lipinski definition) is 2. The molecule has 1 aromatic rings. The molecule has 19 heavy (non-hydrogen) atoms. The zero-order valence-corrected chi connectivity index (χ0v) is 12.0. The maximum atomic E-state index is 12.2. The Balaban J connectivity index is 2.23. The molecule has 1 heterocycles. The number of nitrogens with one attached hydrogen (secondary N) is 2. The Bertz CT molecular complexity index is 527. The second-order valence-electron chi connectivity index (χ2n) is 4.74. The molecular formula is C12H14BrN3O3. The van der Waals surface area contributed by atoms with Crippen molar-refractivity contribution in [2.45, 2.75) is 25.3 Å². The lowest BCUT2D eigenvalue weighted by Gasteiger charge is -2.22. The smallest absolute Gasteiger partial charge is 0.293 e. The van der Waals surface area contributed by atoms with E-state index in [1.165, 1.54) is 12.1 Å². The van der Waals surface area contributed by atoms with Gasteiger partial charge >= 0.3 is 0 Å². The lowest BCUT2D eigenvalue weighted by Crippen LogP contribution is -2.48. The van der Waals surface area contributed by atoms with Crippen LogP contribution in [0.4, 0.5) is 11.4 Å². The van der Waals surface area contributed by atoms with Gasteiger partial charge < -0.3 is 10.6 Å². The highest BCUT2D eigenvalue weighted by Gasteiger charge is 2.36. The molecule has 0 saturated carbocycles. The molecule has 0 radical (unpaired) electrons. The van der Waals surface area contributed by atoms with Gasteiger partial charge in [-0.05, 0) is 38.4 Å². The van der Waals surface area contributed by atoms with Crippen molar-refractivity contribution in [1.82, 2.24) is 5.32 Å². The summed E-state index contributed by atoms with van der Waals surface area (Å²) in [4.78, 5) is 22.7. The van der Waals surface area contributed by atoms with Crippen molar-refractivity contribution in [3.8, 4) is 0 Å². The fourth-order valence-electron chi connectivity index (χ4n) is 2.11. The quantitative estimate of drug-likeness (QED) is 0.659. The highest BCUT2D eigenvalue weighted by molar-refractivity contribution is 9.10. The number of carbonyl (C=O) groups is 1. The Morgan fingerprint density at radius 2 is 2.32 bits per heavy atom. The minimum absolute atomic E-state index is 0.121. The van der Waals surface area contributed by atoms with E-state index in [0.717, 1.165) is 19.4 Å². The molecule has 1 saturated heterocycles. The zero-order valence-electron chi connectivity index (χ0n) is 10.4. The Morgan fingerprint density at radius 1 is 1.58 bits per heavy atom. The predicted octanol–water partition coefficient (Wildman–Crippen LogP) is 2.44. The molecule has 2 N–H and O–H groups in total. The first kappa shape index (κ1) is 14.0. The van der Waals surface area contributed by atoms with Crippen LogP contribution in [0.2, 0.25) is 0 Å². The third-order valence-electron chi connectivity index (χ3n) is 3.27. The fourth-order valence-corrected chi connectivity index (χ4v) is 2.46. The highest BCUT2D eigenvalue weighted by atomic mass is 79.9. The summed E-state index contributed by atoms with van der Waals surface area (Å²) < 4.78 is 0.599. The minimum atomic E-state index is -0.652. The monoisotopic (exact) mass is 327 g/mol. The molecule has 0 aliphatic carbocycles. The van der Waals surface area contributed by atoms with E-state index in [0.29, 0.717) is 4.47 Å². The number of nitrogens with zero attached hydrogens (tertiary/aromatic N) is 1. The van der Waals surface area contributed by atoms with Crippen LogP contribution in [-0.2, 0) is 4.79 Å². The summed E-state index contributed by atoms with van der Waals surface area (Å²) in [6.07, 6.45) is 1.65. The number of hydrogen-bond acceptors (Lipinski definition) is 4. The van der Waals surface area contributed by atoms with Gasteiger partial charge in [0, 0.05) is 10.5 Å². The Kier molecular flexibility index (Phi) is 3.86. The summed E-state index contributed by atoms with van der Waals surface area (Å²) in [7, 11) is 0. The van der Waals surface area contributed by atoms with Crippen LogP contribution in [0.3, 0.4) is 0 Å². The summed E-state index contributed by atoms with van der Waals surface area (Å²) in [5.41, 5.74) is -0.557. The normalized spacial score (nSPS) is 22.2. The van der Waals surface area contributed by atoms with Gasteiger partial charge in [0.1, 0.15) is 5.69 Å². The van der Waals surface area contributed by atoms with Gasteiger partial charge in [-0.15, -0.1) is 0 Å². The third kappa shape index (κ3) is 2.93. The van der Waals surface area contributed by atoms with Gasteiger partial charge in [0.05, 0.1) is 10.5 Å². The van der Waals surface area contributed by atoms with E-state index in [1.54, 1.807) is 13.0 Å². The number of nitro benzene ring substituents is 1. The number of amides is 1. The van der Waals surface area contributed by atoms with Crippen LogP contribution in [0, 0.1) is 10.1 Å². The first-order valence-electron chi connectivity index (χ1n) is 5.93. The van der Waals surface area contributed by atoms with Crippen molar-refractivity contribution in [3.63, 3.8) is 0 Å². The maximum absolute atomic E-state index is 12.2. The number of rotatable bonds is 3. The molecule has 0 spiro atoms. The van der Waals surface area contributed by atoms with Gasteiger partial charge in [-0.1, -0.05) is 15.9 Å². The van der Waals surface area contributed by atoms with Crippen LogP contribution in [0.15, 0.2) is 22.7 Å². The molecule has 1 unspecified atom stereocenters. The molecule has 1 fully saturated rings. The predicted molar refractivity (Wildman–Crippen MR) is 75.1 cm³/mol. The van der Waals surface area contributed by atoms with Gasteiger partial charge in [0.25, 0.3) is 5.69 Å². The maximum Gasteiger partial charge on any atom is 0.293 e. The minimum Gasteiger partial charge on any atom is -0.319 e. The van der Waals surface area contributed by atoms with E-state index in [4.69, 9.17) is 0 Å². The first-order valence-corrected chi connectivity index (χ1v) is 6.72. The van der Waals surface area contributed by atoms with Crippen molar-refractivity contribution in [1.29, 1.82) is 0 Å². The number of carbonyl (C=O) groups excluding carboxylic acids is 1. The third-order valence-corrected chi connectivity index (χ3v) is 3.77. The van der Waals surface area contributed by atoms with Gasteiger partial charge in [-0.25, -0.2) is 0 Å². The van der Waals surface area contributed by atoms with Crippen LogP contribution in [0.1, 0.15) is 19.8 Å². The molecule has 0 aromatic heterocycles. The molecule has 1 aliphatic rings. The van der Waals surface area contributed by atoms with Crippen LogP contribution in [0.25, 0.3) is 0 Å². The molecule has 1 aliphatic heterocycles. The fraction of sp³-hybridized carbons (Fsp3) is 0.417. The van der Waals surface area contributed by atoms with Crippen molar-refractivity contribution in [2.24, 2.45) is 0 Å². The topological polar surface area (TPSA) is 84.3 Å². The Hall–Kier alpha value is -1.47. The molecule has 1 amide bonds. The van der Waals surface area contributed by atoms with Gasteiger partial charge in [0.15, 0.2) is 0 Å².